The lowest BCUT2D eigenvalue weighted by atomic mass is 10.00. The Morgan fingerprint density at radius 1 is 0.282 bits per heavy atom. The molecule has 0 aromatic rings. The number of aliphatic hydroxyl groups is 1. The summed E-state index contributed by atoms with van der Waals surface area (Å²) in [7, 11) is -9.92. The van der Waals surface area contributed by atoms with E-state index in [1.165, 1.54) is 257 Å². The van der Waals surface area contributed by atoms with Crippen molar-refractivity contribution >= 4 is 39.5 Å². The largest absolute Gasteiger partial charge is 0.472 e. The lowest BCUT2D eigenvalue weighted by molar-refractivity contribution is -0.161. The predicted octanol–water partition coefficient (Wildman–Crippen LogP) is 25.5. The summed E-state index contributed by atoms with van der Waals surface area (Å²) in [5, 5.41) is 10.7. The first kappa shape index (κ1) is 101. The first-order chi connectivity index (χ1) is 49.9. The SMILES string of the molecule is CCCCCCCCCCCCCCCCCCCCC(=O)OC[C@H](COP(=O)(O)OC[C@@H](O)COP(=O)(O)OC[C@@H](COC(=O)CCCCCCCCC(C)CC)OC(=O)CCCCCCCCCCCCCCCC)OC(=O)CCCCCCCCCCCCCCCCCCCCC(C)C. The Labute approximate surface area is 632 Å². The summed E-state index contributed by atoms with van der Waals surface area (Å²) in [6.07, 6.45) is 66.7. The lowest BCUT2D eigenvalue weighted by Gasteiger charge is -2.21. The summed E-state index contributed by atoms with van der Waals surface area (Å²) in [5.41, 5.74) is 0. The van der Waals surface area contributed by atoms with Crippen molar-refractivity contribution in [2.75, 3.05) is 39.6 Å². The molecule has 3 N–H and O–H groups in total. The van der Waals surface area contributed by atoms with E-state index in [1.54, 1.807) is 0 Å². The second-order valence-electron chi connectivity index (χ2n) is 30.9. The minimum Gasteiger partial charge on any atom is -0.462 e. The van der Waals surface area contributed by atoms with Crippen LogP contribution in [0.1, 0.15) is 446 Å². The lowest BCUT2D eigenvalue weighted by Crippen LogP contribution is -2.30. The molecular weight excluding hydrogens is 1340 g/mol. The van der Waals surface area contributed by atoms with Crippen molar-refractivity contribution in [2.24, 2.45) is 11.8 Å². The van der Waals surface area contributed by atoms with Gasteiger partial charge in [-0.3, -0.25) is 37.3 Å². The van der Waals surface area contributed by atoms with Crippen LogP contribution in [0.15, 0.2) is 0 Å². The van der Waals surface area contributed by atoms with Crippen LogP contribution >= 0.6 is 15.6 Å². The van der Waals surface area contributed by atoms with E-state index in [0.29, 0.717) is 25.7 Å². The normalized spacial score (nSPS) is 14.1. The third kappa shape index (κ3) is 76.6. The fourth-order valence-corrected chi connectivity index (χ4v) is 14.6. The van der Waals surface area contributed by atoms with E-state index < -0.39 is 97.5 Å². The summed E-state index contributed by atoms with van der Waals surface area (Å²) < 4.78 is 68.8. The average Bonchev–Trinajstić information content (AvgIpc) is 0.981. The third-order valence-electron chi connectivity index (χ3n) is 20.1. The number of carbonyl (C=O) groups is 4. The molecule has 0 spiro atoms. The summed E-state index contributed by atoms with van der Waals surface area (Å²) in [5.74, 6) is -0.554. The van der Waals surface area contributed by atoms with Crippen LogP contribution in [0, 0.1) is 11.8 Å². The number of phosphoric acid groups is 2. The van der Waals surface area contributed by atoms with E-state index in [0.717, 1.165) is 108 Å². The molecule has 0 aromatic heterocycles. The zero-order valence-electron chi connectivity index (χ0n) is 67.6. The van der Waals surface area contributed by atoms with Gasteiger partial charge in [0.2, 0.25) is 0 Å². The first-order valence-electron chi connectivity index (χ1n) is 43.5. The number of phosphoric ester groups is 2. The van der Waals surface area contributed by atoms with E-state index in [2.05, 4.69) is 41.5 Å². The third-order valence-corrected chi connectivity index (χ3v) is 22.0. The Bertz CT molecular complexity index is 1980. The maximum atomic E-state index is 13.1. The topological polar surface area (TPSA) is 237 Å². The monoisotopic (exact) mass is 1510 g/mol. The molecule has 0 saturated carbocycles. The van der Waals surface area contributed by atoms with Crippen molar-refractivity contribution in [1.82, 2.24) is 0 Å². The Morgan fingerprint density at radius 3 is 0.738 bits per heavy atom. The van der Waals surface area contributed by atoms with Crippen LogP contribution < -0.4 is 0 Å². The highest BCUT2D eigenvalue weighted by molar-refractivity contribution is 7.47. The van der Waals surface area contributed by atoms with Crippen LogP contribution in [-0.2, 0) is 65.4 Å². The van der Waals surface area contributed by atoms with Crippen LogP contribution in [-0.4, -0.2) is 96.7 Å². The second-order valence-corrected chi connectivity index (χ2v) is 33.8. The molecule has 19 heteroatoms. The van der Waals surface area contributed by atoms with Gasteiger partial charge in [0.1, 0.15) is 19.3 Å². The molecule has 0 saturated heterocycles. The number of rotatable bonds is 83. The van der Waals surface area contributed by atoms with E-state index in [-0.39, 0.29) is 25.7 Å². The minimum atomic E-state index is -4.96. The Hall–Kier alpha value is -1.94. The number of carbonyl (C=O) groups excluding carboxylic acids is 4. The Balaban J connectivity index is 5.22. The van der Waals surface area contributed by atoms with E-state index in [4.69, 9.17) is 37.0 Å². The molecular formula is C84H164O17P2. The number of ether oxygens (including phenoxy) is 4. The molecule has 0 aliphatic carbocycles. The first-order valence-corrected chi connectivity index (χ1v) is 46.5. The highest BCUT2D eigenvalue weighted by Crippen LogP contribution is 2.45. The van der Waals surface area contributed by atoms with Crippen molar-refractivity contribution in [1.29, 1.82) is 0 Å². The molecule has 0 amide bonds. The Morgan fingerprint density at radius 2 is 0.495 bits per heavy atom. The van der Waals surface area contributed by atoms with E-state index >= 15 is 0 Å². The molecule has 103 heavy (non-hydrogen) atoms. The molecule has 0 fully saturated rings. The second kappa shape index (κ2) is 75.5. The highest BCUT2D eigenvalue weighted by atomic mass is 31.2. The minimum absolute atomic E-state index is 0.107. The summed E-state index contributed by atoms with van der Waals surface area (Å²) in [6.45, 7) is 9.65. The molecule has 6 atom stereocenters. The molecule has 17 nitrogen and oxygen atoms in total. The van der Waals surface area contributed by atoms with Gasteiger partial charge in [-0.1, -0.05) is 395 Å². The van der Waals surface area contributed by atoms with Crippen LogP contribution in [0.4, 0.5) is 0 Å². The van der Waals surface area contributed by atoms with Crippen molar-refractivity contribution < 1.29 is 80.2 Å². The van der Waals surface area contributed by atoms with Crippen molar-refractivity contribution in [3.8, 4) is 0 Å². The molecule has 0 aliphatic rings. The van der Waals surface area contributed by atoms with Crippen LogP contribution in [0.25, 0.3) is 0 Å². The quantitative estimate of drug-likeness (QED) is 0.0222. The number of esters is 4. The van der Waals surface area contributed by atoms with Crippen LogP contribution in [0.3, 0.4) is 0 Å². The van der Waals surface area contributed by atoms with Gasteiger partial charge in [0, 0.05) is 25.7 Å². The molecule has 0 aromatic carbocycles. The Kier molecular flexibility index (Phi) is 74.1. The van der Waals surface area contributed by atoms with Gasteiger partial charge in [-0.2, -0.15) is 0 Å². The number of unbranched alkanes of at least 4 members (excludes halogenated alkanes) is 52. The fraction of sp³-hybridized carbons (Fsp3) is 0.952. The van der Waals surface area contributed by atoms with Gasteiger partial charge >= 0.3 is 39.5 Å². The van der Waals surface area contributed by atoms with Crippen molar-refractivity contribution in [3.05, 3.63) is 0 Å². The number of hydrogen-bond acceptors (Lipinski definition) is 15. The van der Waals surface area contributed by atoms with Crippen molar-refractivity contribution in [3.63, 3.8) is 0 Å². The van der Waals surface area contributed by atoms with Crippen LogP contribution in [0.5, 0.6) is 0 Å². The van der Waals surface area contributed by atoms with Gasteiger partial charge in [-0.15, -0.1) is 0 Å². The fourth-order valence-electron chi connectivity index (χ4n) is 13.0. The summed E-state index contributed by atoms with van der Waals surface area (Å²) >= 11 is 0. The summed E-state index contributed by atoms with van der Waals surface area (Å²) in [6, 6.07) is 0. The van der Waals surface area contributed by atoms with Gasteiger partial charge in [-0.05, 0) is 37.5 Å². The average molecular weight is 1510 g/mol. The number of hydrogen-bond donors (Lipinski definition) is 3. The molecule has 0 bridgehead atoms. The standard InChI is InChI=1S/C84H164O17P2/c1-7-10-12-14-16-18-20-22-24-25-29-32-36-39-43-47-54-60-66-81(86)94-72-79(100-83(88)69-63-57-49-45-41-37-33-30-27-26-28-31-34-38-42-46-52-58-64-76(4)5)74-98-102(90,91)96-70-78(85)71-97-103(92,93)99-75-80(73-95-82(87)67-61-55-51-50-53-59-65-77(6)9-3)101-84(89)68-62-56-48-44-40-35-23-21-19-17-15-13-11-8-2/h76-80,85H,7-75H2,1-6H3,(H,90,91)(H,92,93)/t77?,78-,79-,80-/m1/s1. The number of aliphatic hydroxyl groups excluding tert-OH is 1. The van der Waals surface area contributed by atoms with E-state index in [9.17, 15) is 43.2 Å². The molecule has 0 rings (SSSR count). The molecule has 0 aliphatic heterocycles. The van der Waals surface area contributed by atoms with Gasteiger partial charge in [0.15, 0.2) is 12.2 Å². The maximum absolute atomic E-state index is 13.1. The summed E-state index contributed by atoms with van der Waals surface area (Å²) in [4.78, 5) is 73.1. The smallest absolute Gasteiger partial charge is 0.462 e. The zero-order chi connectivity index (χ0) is 75.6. The maximum Gasteiger partial charge on any atom is 0.472 e. The predicted molar refractivity (Wildman–Crippen MR) is 423 cm³/mol. The molecule has 0 heterocycles. The van der Waals surface area contributed by atoms with Gasteiger partial charge < -0.3 is 33.8 Å². The molecule has 0 radical (unpaired) electrons. The zero-order valence-corrected chi connectivity index (χ0v) is 69.4. The highest BCUT2D eigenvalue weighted by Gasteiger charge is 2.30. The molecule has 612 valence electrons. The van der Waals surface area contributed by atoms with Gasteiger partial charge in [0.25, 0.3) is 0 Å². The van der Waals surface area contributed by atoms with Crippen molar-refractivity contribution in [2.45, 2.75) is 464 Å². The van der Waals surface area contributed by atoms with Crippen LogP contribution in [0.2, 0.25) is 0 Å². The van der Waals surface area contributed by atoms with Gasteiger partial charge in [-0.25, -0.2) is 9.13 Å². The molecule has 3 unspecified atom stereocenters. The van der Waals surface area contributed by atoms with Gasteiger partial charge in [0.05, 0.1) is 26.4 Å². The van der Waals surface area contributed by atoms with E-state index in [1.807, 2.05) is 0 Å².